The van der Waals surface area contributed by atoms with Crippen LogP contribution in [0.1, 0.15) is 54.7 Å². The molecule has 1 atom stereocenters. The predicted octanol–water partition coefficient (Wildman–Crippen LogP) is 1.36. The van der Waals surface area contributed by atoms with E-state index in [0.29, 0.717) is 31.8 Å². The van der Waals surface area contributed by atoms with Crippen molar-refractivity contribution in [3.05, 3.63) is 23.8 Å². The summed E-state index contributed by atoms with van der Waals surface area (Å²) in [6.07, 6.45) is 9.25. The summed E-state index contributed by atoms with van der Waals surface area (Å²) in [5.41, 5.74) is 0.805. The van der Waals surface area contributed by atoms with E-state index in [1.807, 2.05) is 6.92 Å². The molecule has 1 spiro atoms. The fraction of sp³-hybridized carbons (Fsp3) is 0.737. The fourth-order valence-electron chi connectivity index (χ4n) is 4.52. The quantitative estimate of drug-likeness (QED) is 0.747. The van der Waals surface area contributed by atoms with Crippen LogP contribution in [0.4, 0.5) is 0 Å². The molecule has 1 aromatic heterocycles. The van der Waals surface area contributed by atoms with Crippen LogP contribution in [-0.2, 0) is 14.8 Å². The zero-order valence-electron chi connectivity index (χ0n) is 16.5. The topological polar surface area (TPSA) is 92.7 Å². The second kappa shape index (κ2) is 7.35. The Morgan fingerprint density at radius 3 is 2.46 bits per heavy atom. The number of amides is 1. The molecule has 3 heterocycles. The van der Waals surface area contributed by atoms with Crippen LogP contribution >= 0.6 is 0 Å². The van der Waals surface area contributed by atoms with Crippen molar-refractivity contribution in [1.29, 1.82) is 0 Å². The number of piperidine rings is 1. The monoisotopic (exact) mass is 408 g/mol. The Bertz CT molecular complexity index is 830. The molecule has 0 N–H and O–H groups in total. The molecular weight excluding hydrogens is 380 g/mol. The van der Waals surface area contributed by atoms with Gasteiger partial charge in [0.05, 0.1) is 23.7 Å². The number of carbonyl (C=O) groups is 1. The highest BCUT2D eigenvalue weighted by atomic mass is 32.2. The van der Waals surface area contributed by atoms with Crippen molar-refractivity contribution in [3.8, 4) is 0 Å². The van der Waals surface area contributed by atoms with E-state index in [0.717, 1.165) is 37.8 Å². The summed E-state index contributed by atoms with van der Waals surface area (Å²) < 4.78 is 32.5. The van der Waals surface area contributed by atoms with Crippen molar-refractivity contribution in [1.82, 2.24) is 19.2 Å². The summed E-state index contributed by atoms with van der Waals surface area (Å²) in [7, 11) is -3.22. The number of aromatic nitrogens is 2. The Kier molecular flexibility index (Phi) is 5.18. The van der Waals surface area contributed by atoms with E-state index in [2.05, 4.69) is 9.97 Å². The Labute approximate surface area is 166 Å². The first-order chi connectivity index (χ1) is 13.3. The van der Waals surface area contributed by atoms with Crippen LogP contribution in [0.3, 0.4) is 0 Å². The highest BCUT2D eigenvalue weighted by molar-refractivity contribution is 7.88. The summed E-state index contributed by atoms with van der Waals surface area (Å²) in [5, 5.41) is 0. The molecule has 2 aliphatic heterocycles. The van der Waals surface area contributed by atoms with Crippen molar-refractivity contribution < 1.29 is 17.9 Å². The molecule has 1 unspecified atom stereocenters. The molecule has 8 nitrogen and oxygen atoms in total. The van der Waals surface area contributed by atoms with Gasteiger partial charge in [-0.2, -0.15) is 4.31 Å². The van der Waals surface area contributed by atoms with Crippen LogP contribution in [0.25, 0.3) is 0 Å². The number of hydrogen-bond donors (Lipinski definition) is 0. The Morgan fingerprint density at radius 1 is 1.18 bits per heavy atom. The molecule has 1 aromatic rings. The molecule has 1 saturated carbocycles. The van der Waals surface area contributed by atoms with Gasteiger partial charge in [-0.15, -0.1) is 0 Å². The first-order valence-electron chi connectivity index (χ1n) is 9.98. The van der Waals surface area contributed by atoms with Gasteiger partial charge in [0, 0.05) is 38.0 Å². The minimum absolute atomic E-state index is 0.00136. The van der Waals surface area contributed by atoms with Crippen LogP contribution in [-0.4, -0.2) is 77.1 Å². The minimum Gasteiger partial charge on any atom is -0.375 e. The number of rotatable bonds is 4. The third-order valence-corrected chi connectivity index (χ3v) is 7.44. The summed E-state index contributed by atoms with van der Waals surface area (Å²) in [4.78, 5) is 22.8. The maximum Gasteiger partial charge on any atom is 0.274 e. The molecule has 9 heteroatoms. The standard InChI is InChI=1S/C19H28N4O4S/c1-14-12-21-17(13-20-14)18(24)22-8-6-19(7-9-22)11-16(5-10-27-19)23(15-3-4-15)28(2,25)26/h12-13,15-16H,3-11H2,1-2H3. The van der Waals surface area contributed by atoms with Crippen molar-refractivity contribution in [2.45, 2.75) is 63.1 Å². The lowest BCUT2D eigenvalue weighted by molar-refractivity contribution is -0.123. The highest BCUT2D eigenvalue weighted by Gasteiger charge is 2.47. The number of carbonyl (C=O) groups excluding carboxylic acids is 1. The van der Waals surface area contributed by atoms with E-state index < -0.39 is 10.0 Å². The zero-order valence-corrected chi connectivity index (χ0v) is 17.3. The van der Waals surface area contributed by atoms with E-state index in [-0.39, 0.29) is 23.6 Å². The third-order valence-electron chi connectivity index (χ3n) is 6.08. The number of nitrogens with zero attached hydrogens (tertiary/aromatic N) is 4. The number of hydrogen-bond acceptors (Lipinski definition) is 6. The molecule has 0 bridgehead atoms. The largest absolute Gasteiger partial charge is 0.375 e. The lowest BCUT2D eigenvalue weighted by atomic mass is 9.82. The molecule has 4 rings (SSSR count). The maximum absolute atomic E-state index is 12.7. The highest BCUT2D eigenvalue weighted by Crippen LogP contribution is 2.41. The Balaban J connectivity index is 1.41. The van der Waals surface area contributed by atoms with E-state index in [1.165, 1.54) is 12.5 Å². The molecule has 28 heavy (non-hydrogen) atoms. The Hall–Kier alpha value is -1.58. The number of aryl methyl sites for hydroxylation is 1. The van der Waals surface area contributed by atoms with Gasteiger partial charge in [-0.1, -0.05) is 0 Å². The van der Waals surface area contributed by atoms with Crippen LogP contribution in [0.15, 0.2) is 12.4 Å². The number of ether oxygens (including phenoxy) is 1. The first-order valence-corrected chi connectivity index (χ1v) is 11.8. The molecule has 1 aliphatic carbocycles. The molecule has 154 valence electrons. The number of sulfonamides is 1. The fourth-order valence-corrected chi connectivity index (χ4v) is 5.99. The van der Waals surface area contributed by atoms with Gasteiger partial charge >= 0.3 is 0 Å². The summed E-state index contributed by atoms with van der Waals surface area (Å²) in [6, 6.07) is 0.165. The van der Waals surface area contributed by atoms with Crippen molar-refractivity contribution in [3.63, 3.8) is 0 Å². The summed E-state index contributed by atoms with van der Waals surface area (Å²) in [5.74, 6) is -0.106. The van der Waals surface area contributed by atoms with Gasteiger partial charge in [0.1, 0.15) is 5.69 Å². The predicted molar refractivity (Wildman–Crippen MR) is 103 cm³/mol. The van der Waals surface area contributed by atoms with Gasteiger partial charge in [-0.3, -0.25) is 9.78 Å². The van der Waals surface area contributed by atoms with Crippen LogP contribution in [0.2, 0.25) is 0 Å². The summed E-state index contributed by atoms with van der Waals surface area (Å²) in [6.45, 7) is 3.58. The second-order valence-electron chi connectivity index (χ2n) is 8.34. The van der Waals surface area contributed by atoms with E-state index >= 15 is 0 Å². The van der Waals surface area contributed by atoms with Gasteiger partial charge in [-0.25, -0.2) is 13.4 Å². The van der Waals surface area contributed by atoms with Crippen molar-refractivity contribution >= 4 is 15.9 Å². The smallest absolute Gasteiger partial charge is 0.274 e. The van der Waals surface area contributed by atoms with E-state index in [1.54, 1.807) is 15.4 Å². The molecular formula is C19H28N4O4S. The van der Waals surface area contributed by atoms with Crippen LogP contribution in [0, 0.1) is 6.92 Å². The van der Waals surface area contributed by atoms with E-state index in [4.69, 9.17) is 4.74 Å². The molecule has 0 radical (unpaired) electrons. The van der Waals surface area contributed by atoms with Crippen molar-refractivity contribution in [2.75, 3.05) is 26.0 Å². The molecule has 1 amide bonds. The normalized spacial score (nSPS) is 25.2. The lowest BCUT2D eigenvalue weighted by Gasteiger charge is -2.48. The molecule has 2 saturated heterocycles. The second-order valence-corrected chi connectivity index (χ2v) is 10.2. The van der Waals surface area contributed by atoms with Gasteiger partial charge < -0.3 is 9.64 Å². The van der Waals surface area contributed by atoms with Crippen molar-refractivity contribution in [2.24, 2.45) is 0 Å². The molecule has 3 aliphatic rings. The van der Waals surface area contributed by atoms with Crippen LogP contribution < -0.4 is 0 Å². The molecule has 3 fully saturated rings. The average molecular weight is 409 g/mol. The van der Waals surface area contributed by atoms with Gasteiger partial charge in [0.25, 0.3) is 5.91 Å². The number of likely N-dealkylation sites (tertiary alicyclic amines) is 1. The SMILES string of the molecule is Cc1cnc(C(=O)N2CCC3(CC2)CC(N(C2CC2)S(C)(=O)=O)CCO3)cn1. The molecule has 0 aromatic carbocycles. The van der Waals surface area contributed by atoms with Gasteiger partial charge in [0.15, 0.2) is 0 Å². The first kappa shape index (κ1) is 19.7. The Morgan fingerprint density at radius 2 is 1.89 bits per heavy atom. The lowest BCUT2D eigenvalue weighted by Crippen LogP contribution is -2.55. The maximum atomic E-state index is 12.7. The summed E-state index contributed by atoms with van der Waals surface area (Å²) >= 11 is 0. The van der Waals surface area contributed by atoms with Gasteiger partial charge in [-0.05, 0) is 45.4 Å². The van der Waals surface area contributed by atoms with Gasteiger partial charge in [0.2, 0.25) is 10.0 Å². The minimum atomic E-state index is -3.22. The third kappa shape index (κ3) is 4.06. The van der Waals surface area contributed by atoms with E-state index in [9.17, 15) is 13.2 Å². The zero-order chi connectivity index (χ0) is 19.9. The van der Waals surface area contributed by atoms with Crippen LogP contribution in [0.5, 0.6) is 0 Å². The average Bonchev–Trinajstić information content (AvgIpc) is 3.46.